The first-order valence-electron chi connectivity index (χ1n) is 8.78. The minimum absolute atomic E-state index is 0.0881. The van der Waals surface area contributed by atoms with Crippen LogP contribution in [0.3, 0.4) is 0 Å². The second-order valence-electron chi connectivity index (χ2n) is 6.53. The maximum atomic E-state index is 12.9. The predicted octanol–water partition coefficient (Wildman–Crippen LogP) is 4.72. The number of amides is 2. The standard InChI is InChI=1S/C21H20FN3O2S/c1-13-9-14(2)11-18(10-13)23-19(26)8-7-17-12-28-21(24-17)25-20(27)15-3-5-16(22)6-4-15/h3-6,9-12H,7-8H2,1-2H3,(H,23,26)(H,24,25,27). The average molecular weight is 397 g/mol. The number of hydrogen-bond donors (Lipinski definition) is 2. The number of rotatable bonds is 6. The molecular formula is C21H20FN3O2S. The van der Waals surface area contributed by atoms with Gasteiger partial charge in [0, 0.05) is 23.1 Å². The van der Waals surface area contributed by atoms with Gasteiger partial charge in [0.15, 0.2) is 5.13 Å². The van der Waals surface area contributed by atoms with E-state index >= 15 is 0 Å². The fourth-order valence-corrected chi connectivity index (χ4v) is 3.50. The highest BCUT2D eigenvalue weighted by molar-refractivity contribution is 7.14. The number of thiazole rings is 1. The number of anilines is 2. The number of nitrogens with zero attached hydrogens (tertiary/aromatic N) is 1. The Labute approximate surface area is 166 Å². The maximum Gasteiger partial charge on any atom is 0.257 e. The van der Waals surface area contributed by atoms with Gasteiger partial charge in [-0.3, -0.25) is 14.9 Å². The van der Waals surface area contributed by atoms with Gasteiger partial charge < -0.3 is 5.32 Å². The summed E-state index contributed by atoms with van der Waals surface area (Å²) in [5, 5.41) is 7.83. The summed E-state index contributed by atoms with van der Waals surface area (Å²) in [6.07, 6.45) is 0.765. The van der Waals surface area contributed by atoms with Gasteiger partial charge in [-0.2, -0.15) is 0 Å². The highest BCUT2D eigenvalue weighted by atomic mass is 32.1. The molecule has 3 aromatic rings. The van der Waals surface area contributed by atoms with Gasteiger partial charge in [0.05, 0.1) is 5.69 Å². The van der Waals surface area contributed by atoms with Gasteiger partial charge in [-0.1, -0.05) is 6.07 Å². The van der Waals surface area contributed by atoms with Crippen LogP contribution in [0, 0.1) is 19.7 Å². The average Bonchev–Trinajstić information content (AvgIpc) is 3.07. The predicted molar refractivity (Wildman–Crippen MR) is 109 cm³/mol. The number of hydrogen-bond acceptors (Lipinski definition) is 4. The van der Waals surface area contributed by atoms with E-state index in [0.717, 1.165) is 22.5 Å². The number of benzene rings is 2. The lowest BCUT2D eigenvalue weighted by Gasteiger charge is -2.07. The molecule has 7 heteroatoms. The van der Waals surface area contributed by atoms with E-state index in [1.807, 2.05) is 37.4 Å². The second kappa shape index (κ2) is 8.75. The first-order chi connectivity index (χ1) is 13.4. The number of nitrogens with one attached hydrogen (secondary N) is 2. The summed E-state index contributed by atoms with van der Waals surface area (Å²) in [6, 6.07) is 11.2. The third-order valence-corrected chi connectivity index (χ3v) is 4.80. The fourth-order valence-electron chi connectivity index (χ4n) is 2.76. The zero-order chi connectivity index (χ0) is 20.1. The molecule has 1 heterocycles. The fraction of sp³-hybridized carbons (Fsp3) is 0.190. The lowest BCUT2D eigenvalue weighted by atomic mass is 10.1. The summed E-state index contributed by atoms with van der Waals surface area (Å²) in [5.74, 6) is -0.837. The van der Waals surface area contributed by atoms with Crippen molar-refractivity contribution in [2.24, 2.45) is 0 Å². The molecular weight excluding hydrogens is 377 g/mol. The van der Waals surface area contributed by atoms with Crippen molar-refractivity contribution in [1.82, 2.24) is 4.98 Å². The molecule has 0 bridgehead atoms. The Balaban J connectivity index is 1.52. The van der Waals surface area contributed by atoms with Crippen LogP contribution in [0.1, 0.15) is 33.6 Å². The Bertz CT molecular complexity index is 979. The quantitative estimate of drug-likeness (QED) is 0.632. The summed E-state index contributed by atoms with van der Waals surface area (Å²) < 4.78 is 12.9. The van der Waals surface area contributed by atoms with Crippen molar-refractivity contribution in [3.8, 4) is 0 Å². The zero-order valence-corrected chi connectivity index (χ0v) is 16.4. The number of aryl methyl sites for hydroxylation is 3. The molecule has 3 rings (SSSR count). The van der Waals surface area contributed by atoms with E-state index in [2.05, 4.69) is 15.6 Å². The van der Waals surface area contributed by atoms with Crippen LogP contribution in [0.15, 0.2) is 47.8 Å². The van der Waals surface area contributed by atoms with Gasteiger partial charge in [-0.05, 0) is 67.8 Å². The molecule has 144 valence electrons. The van der Waals surface area contributed by atoms with Crippen molar-refractivity contribution in [2.45, 2.75) is 26.7 Å². The molecule has 0 unspecified atom stereocenters. The number of halogens is 1. The highest BCUT2D eigenvalue weighted by Crippen LogP contribution is 2.19. The summed E-state index contributed by atoms with van der Waals surface area (Å²) in [7, 11) is 0. The van der Waals surface area contributed by atoms with Crippen molar-refractivity contribution in [1.29, 1.82) is 0 Å². The Morgan fingerprint density at radius 2 is 1.71 bits per heavy atom. The molecule has 0 saturated carbocycles. The molecule has 0 fully saturated rings. The normalized spacial score (nSPS) is 10.5. The van der Waals surface area contributed by atoms with E-state index in [4.69, 9.17) is 0 Å². The Hall–Kier alpha value is -3.06. The van der Waals surface area contributed by atoms with Crippen molar-refractivity contribution in [3.05, 3.63) is 76.0 Å². The minimum Gasteiger partial charge on any atom is -0.326 e. The van der Waals surface area contributed by atoms with E-state index in [1.165, 1.54) is 35.6 Å². The van der Waals surface area contributed by atoms with E-state index in [-0.39, 0.29) is 11.8 Å². The largest absolute Gasteiger partial charge is 0.326 e. The van der Waals surface area contributed by atoms with Gasteiger partial charge in [-0.25, -0.2) is 9.37 Å². The summed E-state index contributed by atoms with van der Waals surface area (Å²) in [5.41, 5.74) is 4.06. The Morgan fingerprint density at radius 1 is 1.04 bits per heavy atom. The SMILES string of the molecule is Cc1cc(C)cc(NC(=O)CCc2csc(NC(=O)c3ccc(F)cc3)n2)c1. The molecule has 5 nitrogen and oxygen atoms in total. The molecule has 0 aliphatic rings. The molecule has 0 saturated heterocycles. The number of aromatic nitrogens is 1. The molecule has 2 amide bonds. The molecule has 0 aliphatic carbocycles. The first-order valence-corrected chi connectivity index (χ1v) is 9.66. The molecule has 0 aliphatic heterocycles. The van der Waals surface area contributed by atoms with Crippen molar-refractivity contribution in [3.63, 3.8) is 0 Å². The number of carbonyl (C=O) groups excluding carboxylic acids is 2. The van der Waals surface area contributed by atoms with Crippen molar-refractivity contribution in [2.75, 3.05) is 10.6 Å². The Kier molecular flexibility index (Phi) is 6.16. The molecule has 28 heavy (non-hydrogen) atoms. The van der Waals surface area contributed by atoms with Gasteiger partial charge in [0.1, 0.15) is 5.82 Å². The van der Waals surface area contributed by atoms with Crippen LogP contribution in [0.5, 0.6) is 0 Å². The van der Waals surface area contributed by atoms with E-state index in [0.29, 0.717) is 23.5 Å². The lowest BCUT2D eigenvalue weighted by Crippen LogP contribution is -2.13. The van der Waals surface area contributed by atoms with E-state index in [1.54, 1.807) is 0 Å². The van der Waals surface area contributed by atoms with E-state index in [9.17, 15) is 14.0 Å². The summed E-state index contributed by atoms with van der Waals surface area (Å²) in [6.45, 7) is 3.97. The van der Waals surface area contributed by atoms with Crippen LogP contribution in [0.4, 0.5) is 15.2 Å². The topological polar surface area (TPSA) is 71.1 Å². The van der Waals surface area contributed by atoms with Crippen molar-refractivity contribution < 1.29 is 14.0 Å². The number of carbonyl (C=O) groups is 2. The highest BCUT2D eigenvalue weighted by Gasteiger charge is 2.11. The van der Waals surface area contributed by atoms with Crippen LogP contribution in [-0.4, -0.2) is 16.8 Å². The lowest BCUT2D eigenvalue weighted by molar-refractivity contribution is -0.116. The smallest absolute Gasteiger partial charge is 0.257 e. The molecule has 2 aromatic carbocycles. The van der Waals surface area contributed by atoms with E-state index < -0.39 is 5.82 Å². The van der Waals surface area contributed by atoms with Gasteiger partial charge in [-0.15, -0.1) is 11.3 Å². The van der Waals surface area contributed by atoms with Crippen LogP contribution < -0.4 is 10.6 Å². The third kappa shape index (κ3) is 5.47. The zero-order valence-electron chi connectivity index (χ0n) is 15.6. The molecule has 0 atom stereocenters. The summed E-state index contributed by atoms with van der Waals surface area (Å²) in [4.78, 5) is 28.6. The molecule has 2 N–H and O–H groups in total. The molecule has 0 radical (unpaired) electrons. The monoisotopic (exact) mass is 397 g/mol. The molecule has 0 spiro atoms. The third-order valence-electron chi connectivity index (χ3n) is 3.99. The van der Waals surface area contributed by atoms with Crippen molar-refractivity contribution >= 4 is 34.0 Å². The van der Waals surface area contributed by atoms with Crippen LogP contribution in [-0.2, 0) is 11.2 Å². The van der Waals surface area contributed by atoms with Crippen LogP contribution in [0.25, 0.3) is 0 Å². The van der Waals surface area contributed by atoms with Gasteiger partial charge in [0.2, 0.25) is 5.91 Å². The minimum atomic E-state index is -0.396. The van der Waals surface area contributed by atoms with Gasteiger partial charge in [0.25, 0.3) is 5.91 Å². The summed E-state index contributed by atoms with van der Waals surface area (Å²) >= 11 is 1.29. The molecule has 1 aromatic heterocycles. The van der Waals surface area contributed by atoms with Gasteiger partial charge >= 0.3 is 0 Å². The van der Waals surface area contributed by atoms with Crippen LogP contribution in [0.2, 0.25) is 0 Å². The Morgan fingerprint density at radius 3 is 2.39 bits per heavy atom. The first kappa shape index (κ1) is 19.7. The maximum absolute atomic E-state index is 12.9. The van der Waals surface area contributed by atoms with Crippen LogP contribution >= 0.6 is 11.3 Å². The second-order valence-corrected chi connectivity index (χ2v) is 7.39.